The summed E-state index contributed by atoms with van der Waals surface area (Å²) in [5.41, 5.74) is 5.24. The molecular weight excluding hydrogens is 158 g/mol. The summed E-state index contributed by atoms with van der Waals surface area (Å²) in [4.78, 5) is 0. The number of hydrogen-bond donors (Lipinski definition) is 2. The number of aromatic nitrogens is 1. The molecule has 11 heavy (non-hydrogen) atoms. The van der Waals surface area contributed by atoms with Crippen molar-refractivity contribution in [3.8, 4) is 0 Å². The molecule has 3 N–H and O–H groups in total. The fourth-order valence-electron chi connectivity index (χ4n) is 0.827. The summed E-state index contributed by atoms with van der Waals surface area (Å²) in [7, 11) is 0. The second kappa shape index (κ2) is 3.98. The van der Waals surface area contributed by atoms with Crippen molar-refractivity contribution in [3.63, 3.8) is 0 Å². The van der Waals surface area contributed by atoms with Crippen LogP contribution in [0.2, 0.25) is 0 Å². The van der Waals surface area contributed by atoms with Gasteiger partial charge < -0.3 is 15.6 Å². The van der Waals surface area contributed by atoms with Gasteiger partial charge in [0, 0.05) is 25.5 Å². The molecule has 0 radical (unpaired) electrons. The van der Waals surface area contributed by atoms with E-state index < -0.39 is 0 Å². The molecule has 0 spiro atoms. The Hall–Kier alpha value is -1.03. The van der Waals surface area contributed by atoms with Crippen LogP contribution in [0, 0.1) is 0 Å². The van der Waals surface area contributed by atoms with Crippen molar-refractivity contribution in [3.05, 3.63) is 24.5 Å². The van der Waals surface area contributed by atoms with Gasteiger partial charge in [0.1, 0.15) is 0 Å². The highest BCUT2D eigenvalue weighted by atomic mass is 32.1. The Bertz CT molecular complexity index is 218. The normalized spacial score (nSPS) is 9.45. The van der Waals surface area contributed by atoms with Crippen LogP contribution in [0.5, 0.6) is 0 Å². The van der Waals surface area contributed by atoms with Gasteiger partial charge in [0.05, 0.1) is 0 Å². The number of nitrogens with zero attached hydrogens (tertiary/aromatic N) is 1. The number of hydrogen-bond acceptors (Lipinski definition) is 1. The minimum absolute atomic E-state index is 0.358. The van der Waals surface area contributed by atoms with Gasteiger partial charge in [0.25, 0.3) is 0 Å². The summed E-state index contributed by atoms with van der Waals surface area (Å²) in [6.07, 6.45) is 4.00. The maximum atomic E-state index is 5.24. The molecule has 0 saturated heterocycles. The molecule has 0 atom stereocenters. The van der Waals surface area contributed by atoms with Crippen LogP contribution in [0.3, 0.4) is 0 Å². The molecule has 0 amide bonds. The summed E-state index contributed by atoms with van der Waals surface area (Å²) in [5, 5.41) is 3.23. The van der Waals surface area contributed by atoms with E-state index in [4.69, 9.17) is 5.73 Å². The largest absolute Gasteiger partial charge is 0.376 e. The monoisotopic (exact) mass is 169 g/mol. The van der Waals surface area contributed by atoms with Gasteiger partial charge in [0.15, 0.2) is 5.11 Å². The van der Waals surface area contributed by atoms with Crippen LogP contribution in [0.15, 0.2) is 24.5 Å². The predicted molar refractivity (Wildman–Crippen MR) is 49.2 cm³/mol. The molecule has 1 heterocycles. The molecule has 4 heteroatoms. The molecule has 3 nitrogen and oxygen atoms in total. The average Bonchev–Trinajstić information content (AvgIpc) is 2.39. The van der Waals surface area contributed by atoms with Gasteiger partial charge in [-0.05, 0) is 24.4 Å². The Morgan fingerprint density at radius 3 is 2.64 bits per heavy atom. The lowest BCUT2D eigenvalue weighted by Gasteiger charge is -2.03. The van der Waals surface area contributed by atoms with Gasteiger partial charge in [0.2, 0.25) is 0 Å². The van der Waals surface area contributed by atoms with E-state index in [1.807, 2.05) is 24.5 Å². The highest BCUT2D eigenvalue weighted by molar-refractivity contribution is 7.80. The molecule has 0 aliphatic heterocycles. The highest BCUT2D eigenvalue weighted by Gasteiger charge is 1.88. The lowest BCUT2D eigenvalue weighted by atomic mass is 10.6. The lowest BCUT2D eigenvalue weighted by Crippen LogP contribution is -2.31. The smallest absolute Gasteiger partial charge is 0.163 e. The Kier molecular flexibility index (Phi) is 2.92. The summed E-state index contributed by atoms with van der Waals surface area (Å²) in [6, 6.07) is 3.97. The minimum Gasteiger partial charge on any atom is -0.376 e. The zero-order chi connectivity index (χ0) is 8.10. The fraction of sp³-hybridized carbons (Fsp3) is 0.286. The standard InChI is InChI=1S/C7H11N3S/c8-7(11)9-3-6-10-4-1-2-5-10/h1-2,4-5H,3,6H2,(H3,8,9,11). The lowest BCUT2D eigenvalue weighted by molar-refractivity contribution is 0.679. The van der Waals surface area contributed by atoms with Crippen molar-refractivity contribution in [2.75, 3.05) is 6.54 Å². The Morgan fingerprint density at radius 1 is 1.45 bits per heavy atom. The molecule has 0 aliphatic carbocycles. The van der Waals surface area contributed by atoms with E-state index in [2.05, 4.69) is 22.1 Å². The van der Waals surface area contributed by atoms with Gasteiger partial charge in [-0.2, -0.15) is 0 Å². The first-order valence-electron chi connectivity index (χ1n) is 3.43. The number of rotatable bonds is 3. The zero-order valence-electron chi connectivity index (χ0n) is 6.16. The van der Waals surface area contributed by atoms with Gasteiger partial charge in [-0.25, -0.2) is 0 Å². The van der Waals surface area contributed by atoms with Crippen molar-refractivity contribution < 1.29 is 0 Å². The van der Waals surface area contributed by atoms with Crippen LogP contribution in [-0.2, 0) is 6.54 Å². The Labute approximate surface area is 71.2 Å². The predicted octanol–water partition coefficient (Wildman–Crippen LogP) is 0.321. The first-order valence-corrected chi connectivity index (χ1v) is 3.84. The van der Waals surface area contributed by atoms with Crippen molar-refractivity contribution in [2.45, 2.75) is 6.54 Å². The summed E-state index contributed by atoms with van der Waals surface area (Å²) < 4.78 is 2.06. The third kappa shape index (κ3) is 3.04. The number of nitrogens with two attached hydrogens (primary N) is 1. The third-order valence-electron chi connectivity index (χ3n) is 1.34. The van der Waals surface area contributed by atoms with Gasteiger partial charge in [-0.1, -0.05) is 0 Å². The van der Waals surface area contributed by atoms with E-state index in [9.17, 15) is 0 Å². The number of nitrogens with one attached hydrogen (secondary N) is 1. The molecule has 0 fully saturated rings. The van der Waals surface area contributed by atoms with Crippen LogP contribution in [-0.4, -0.2) is 16.2 Å². The molecule has 0 aliphatic rings. The second-order valence-electron chi connectivity index (χ2n) is 2.21. The van der Waals surface area contributed by atoms with E-state index >= 15 is 0 Å². The van der Waals surface area contributed by atoms with E-state index in [1.54, 1.807) is 0 Å². The maximum absolute atomic E-state index is 5.24. The van der Waals surface area contributed by atoms with Crippen LogP contribution in [0.1, 0.15) is 0 Å². The first-order chi connectivity index (χ1) is 5.29. The quantitative estimate of drug-likeness (QED) is 0.640. The molecule has 0 saturated carbocycles. The Morgan fingerprint density at radius 2 is 2.09 bits per heavy atom. The van der Waals surface area contributed by atoms with Gasteiger partial charge in [-0.15, -0.1) is 0 Å². The van der Waals surface area contributed by atoms with Crippen molar-refractivity contribution in [1.82, 2.24) is 9.88 Å². The Balaban J connectivity index is 2.19. The van der Waals surface area contributed by atoms with Crippen LogP contribution >= 0.6 is 12.2 Å². The molecule has 1 rings (SSSR count). The summed E-state index contributed by atoms with van der Waals surface area (Å²) >= 11 is 4.65. The minimum atomic E-state index is 0.358. The van der Waals surface area contributed by atoms with Gasteiger partial charge in [-0.3, -0.25) is 0 Å². The SMILES string of the molecule is NC(=S)NCCn1cccc1. The number of thiocarbonyl (C=S) groups is 1. The van der Waals surface area contributed by atoms with Crippen LogP contribution in [0.25, 0.3) is 0 Å². The molecular formula is C7H11N3S. The van der Waals surface area contributed by atoms with E-state index in [0.717, 1.165) is 13.1 Å². The molecule has 1 aromatic rings. The molecule has 1 aromatic heterocycles. The highest BCUT2D eigenvalue weighted by Crippen LogP contribution is 1.87. The van der Waals surface area contributed by atoms with E-state index in [0.29, 0.717) is 5.11 Å². The second-order valence-corrected chi connectivity index (χ2v) is 2.65. The van der Waals surface area contributed by atoms with Crippen molar-refractivity contribution >= 4 is 17.3 Å². The van der Waals surface area contributed by atoms with Gasteiger partial charge >= 0.3 is 0 Å². The van der Waals surface area contributed by atoms with E-state index in [-0.39, 0.29) is 0 Å². The van der Waals surface area contributed by atoms with E-state index in [1.165, 1.54) is 0 Å². The van der Waals surface area contributed by atoms with Crippen molar-refractivity contribution in [2.24, 2.45) is 5.73 Å². The van der Waals surface area contributed by atoms with Crippen LogP contribution < -0.4 is 11.1 Å². The summed E-state index contributed by atoms with van der Waals surface area (Å²) in [6.45, 7) is 1.67. The molecule has 0 bridgehead atoms. The molecule has 60 valence electrons. The molecule has 0 aromatic carbocycles. The third-order valence-corrected chi connectivity index (χ3v) is 1.48. The average molecular weight is 169 g/mol. The first kappa shape index (κ1) is 8.07. The van der Waals surface area contributed by atoms with Crippen molar-refractivity contribution in [1.29, 1.82) is 0 Å². The topological polar surface area (TPSA) is 43.0 Å². The zero-order valence-corrected chi connectivity index (χ0v) is 6.97. The van der Waals surface area contributed by atoms with Crippen LogP contribution in [0.4, 0.5) is 0 Å². The maximum Gasteiger partial charge on any atom is 0.163 e. The fourth-order valence-corrected chi connectivity index (χ4v) is 0.930. The molecule has 0 unspecified atom stereocenters. The summed E-state index contributed by atoms with van der Waals surface area (Å²) in [5.74, 6) is 0.